The molecule has 2 heterocycles. The fourth-order valence-electron chi connectivity index (χ4n) is 7.40. The van der Waals surface area contributed by atoms with Gasteiger partial charge in [-0.15, -0.1) is 12.4 Å². The Bertz CT molecular complexity index is 1480. The van der Waals surface area contributed by atoms with Gasteiger partial charge in [0, 0.05) is 42.0 Å². The smallest absolute Gasteiger partial charge is 0.202 e. The van der Waals surface area contributed by atoms with Gasteiger partial charge in [0.15, 0.2) is 12.1 Å². The quantitative estimate of drug-likeness (QED) is 0.213. The summed E-state index contributed by atoms with van der Waals surface area (Å²) in [6, 6.07) is 4.19. The molecule has 0 aromatic heterocycles. The third-order valence-electron chi connectivity index (χ3n) is 9.75. The predicted octanol–water partition coefficient (Wildman–Crippen LogP) is 1.74. The van der Waals surface area contributed by atoms with Crippen molar-refractivity contribution in [1.82, 2.24) is 4.90 Å². The number of ketones is 2. The SMILES string of the molecule is COc1cccc2c1C(=O)c1c(O)c3c(c(O)c1C2=O)CC(O)(C(O)CO)CC3OC1CC(N2CCCCC2)C(O)C(C)O1.Cl. The Morgan fingerprint density at radius 2 is 1.76 bits per heavy atom. The summed E-state index contributed by atoms with van der Waals surface area (Å²) in [6.07, 6.45) is -2.60. The number of piperidine rings is 1. The van der Waals surface area contributed by atoms with Crippen molar-refractivity contribution < 1.29 is 54.4 Å². The lowest BCUT2D eigenvalue weighted by Gasteiger charge is -2.47. The van der Waals surface area contributed by atoms with Crippen molar-refractivity contribution in [2.24, 2.45) is 0 Å². The van der Waals surface area contributed by atoms with E-state index >= 15 is 0 Å². The van der Waals surface area contributed by atoms with Gasteiger partial charge in [0.1, 0.15) is 23.4 Å². The summed E-state index contributed by atoms with van der Waals surface area (Å²) in [5, 5.41) is 66.2. The fraction of sp³-hybridized carbons (Fsp3) is 0.562. The molecule has 7 atom stereocenters. The number of carbonyl (C=O) groups is 2. The Kier molecular flexibility index (Phi) is 9.52. The van der Waals surface area contributed by atoms with Gasteiger partial charge in [-0.1, -0.05) is 18.6 Å². The number of halogens is 1. The van der Waals surface area contributed by atoms with E-state index < -0.39 is 83.5 Å². The van der Waals surface area contributed by atoms with Crippen LogP contribution in [-0.4, -0.2) is 110 Å². The minimum absolute atomic E-state index is 0. The van der Waals surface area contributed by atoms with Gasteiger partial charge in [0.05, 0.1) is 54.3 Å². The second kappa shape index (κ2) is 12.8. The molecule has 0 saturated carbocycles. The van der Waals surface area contributed by atoms with E-state index in [-0.39, 0.29) is 59.3 Å². The molecule has 45 heavy (non-hydrogen) atoms. The Morgan fingerprint density at radius 1 is 1.07 bits per heavy atom. The number of benzene rings is 2. The largest absolute Gasteiger partial charge is 0.507 e. The molecule has 6 rings (SSSR count). The van der Waals surface area contributed by atoms with Crippen LogP contribution in [0.2, 0.25) is 0 Å². The highest BCUT2D eigenvalue weighted by Gasteiger charge is 2.50. The number of ether oxygens (including phenoxy) is 3. The van der Waals surface area contributed by atoms with Crippen molar-refractivity contribution in [2.75, 3.05) is 26.8 Å². The van der Waals surface area contributed by atoms with Gasteiger partial charge in [0.2, 0.25) is 5.78 Å². The summed E-state index contributed by atoms with van der Waals surface area (Å²) in [5.41, 5.74) is -3.04. The van der Waals surface area contributed by atoms with E-state index in [4.69, 9.17) is 14.2 Å². The van der Waals surface area contributed by atoms with E-state index in [1.165, 1.54) is 25.3 Å². The summed E-state index contributed by atoms with van der Waals surface area (Å²) >= 11 is 0. The Morgan fingerprint density at radius 3 is 2.42 bits per heavy atom. The van der Waals surface area contributed by atoms with Crippen LogP contribution >= 0.6 is 12.4 Å². The minimum Gasteiger partial charge on any atom is -0.507 e. The molecule has 2 aromatic rings. The first kappa shape index (κ1) is 33.6. The first-order valence-corrected chi connectivity index (χ1v) is 15.1. The van der Waals surface area contributed by atoms with Crippen LogP contribution in [0.1, 0.15) is 88.1 Å². The van der Waals surface area contributed by atoms with Gasteiger partial charge >= 0.3 is 0 Å². The summed E-state index contributed by atoms with van der Waals surface area (Å²) in [4.78, 5) is 29.7. The lowest BCUT2D eigenvalue weighted by molar-refractivity contribution is -0.262. The fourth-order valence-corrected chi connectivity index (χ4v) is 7.40. The zero-order valence-electron chi connectivity index (χ0n) is 25.1. The number of carbonyl (C=O) groups excluding carboxylic acids is 2. The number of aliphatic hydroxyl groups is 4. The number of aliphatic hydroxyl groups excluding tert-OH is 3. The molecule has 6 N–H and O–H groups in total. The Balaban J connectivity index is 0.00000400. The van der Waals surface area contributed by atoms with Crippen molar-refractivity contribution >= 4 is 24.0 Å². The van der Waals surface area contributed by atoms with Crippen LogP contribution in [-0.2, 0) is 15.9 Å². The van der Waals surface area contributed by atoms with Crippen molar-refractivity contribution in [2.45, 2.75) is 87.8 Å². The maximum Gasteiger partial charge on any atom is 0.202 e. The van der Waals surface area contributed by atoms with Crippen LogP contribution in [0.25, 0.3) is 0 Å². The Labute approximate surface area is 266 Å². The number of likely N-dealkylation sites (tertiary alicyclic amines) is 1. The standard InChI is InChI=1S/C32H39NO11.ClH/c1-15-27(36)18(33-9-4-3-5-10-33)11-22(43-15)44-20-13-32(41,21(35)14-34)12-17-24(20)31(40)26-25(29(17)38)28(37)16-7-6-8-19(42-2)23(16)30(26)39;/h6-8,15,18,20-22,27,34-36,38,40-41H,3-5,9-14H2,1-2H3;1H. The highest BCUT2D eigenvalue weighted by molar-refractivity contribution is 6.31. The van der Waals surface area contributed by atoms with Crippen molar-refractivity contribution in [3.05, 3.63) is 51.6 Å². The van der Waals surface area contributed by atoms with Crippen LogP contribution in [0.4, 0.5) is 0 Å². The first-order chi connectivity index (χ1) is 21.0. The molecule has 0 spiro atoms. The number of hydrogen-bond donors (Lipinski definition) is 6. The molecule has 2 aliphatic heterocycles. The van der Waals surface area contributed by atoms with E-state index in [9.17, 15) is 40.2 Å². The second-order valence-corrected chi connectivity index (χ2v) is 12.3. The molecule has 2 saturated heterocycles. The molecule has 246 valence electrons. The number of fused-ring (bicyclic) bond motifs is 3. The molecular weight excluding hydrogens is 610 g/mol. The predicted molar refractivity (Wildman–Crippen MR) is 161 cm³/mol. The summed E-state index contributed by atoms with van der Waals surface area (Å²) in [7, 11) is 1.35. The highest BCUT2D eigenvalue weighted by Crippen LogP contribution is 2.53. The molecule has 2 aromatic carbocycles. The van der Waals surface area contributed by atoms with Crippen LogP contribution in [0.5, 0.6) is 17.2 Å². The van der Waals surface area contributed by atoms with E-state index in [0.717, 1.165) is 32.4 Å². The van der Waals surface area contributed by atoms with Gasteiger partial charge in [-0.3, -0.25) is 14.5 Å². The number of phenols is 2. The van der Waals surface area contributed by atoms with Gasteiger partial charge < -0.3 is 44.8 Å². The number of nitrogens with zero attached hydrogens (tertiary/aromatic N) is 1. The van der Waals surface area contributed by atoms with Gasteiger partial charge in [-0.25, -0.2) is 0 Å². The third kappa shape index (κ3) is 5.51. The van der Waals surface area contributed by atoms with Crippen LogP contribution in [0.15, 0.2) is 18.2 Å². The maximum absolute atomic E-state index is 13.8. The summed E-state index contributed by atoms with van der Waals surface area (Å²) in [5.74, 6) is -2.54. The van der Waals surface area contributed by atoms with Crippen molar-refractivity contribution in [1.29, 1.82) is 0 Å². The van der Waals surface area contributed by atoms with E-state index in [2.05, 4.69) is 4.90 Å². The number of hydrogen-bond acceptors (Lipinski definition) is 12. The first-order valence-electron chi connectivity index (χ1n) is 15.1. The summed E-state index contributed by atoms with van der Waals surface area (Å²) in [6.45, 7) is 2.56. The Hall–Kier alpha value is -2.81. The highest BCUT2D eigenvalue weighted by atomic mass is 35.5. The van der Waals surface area contributed by atoms with E-state index in [1.807, 2.05) is 0 Å². The number of aromatic hydroxyl groups is 2. The lowest BCUT2D eigenvalue weighted by atomic mass is 9.71. The third-order valence-corrected chi connectivity index (χ3v) is 9.75. The molecule has 4 aliphatic rings. The average Bonchev–Trinajstić information content (AvgIpc) is 3.02. The molecule has 7 unspecified atom stereocenters. The van der Waals surface area contributed by atoms with Crippen LogP contribution in [0.3, 0.4) is 0 Å². The number of rotatable bonds is 6. The summed E-state index contributed by atoms with van der Waals surface area (Å²) < 4.78 is 17.7. The van der Waals surface area contributed by atoms with Gasteiger partial charge in [-0.2, -0.15) is 0 Å². The molecule has 0 bridgehead atoms. The monoisotopic (exact) mass is 649 g/mol. The van der Waals surface area contributed by atoms with Crippen LogP contribution < -0.4 is 4.74 Å². The van der Waals surface area contributed by atoms with Crippen LogP contribution in [0, 0.1) is 0 Å². The number of phenolic OH excluding ortho intramolecular Hbond substituents is 2. The molecule has 12 nitrogen and oxygen atoms in total. The average molecular weight is 650 g/mol. The number of methoxy groups -OCH3 is 1. The van der Waals surface area contributed by atoms with Crippen molar-refractivity contribution in [3.63, 3.8) is 0 Å². The topological polar surface area (TPSA) is 186 Å². The lowest BCUT2D eigenvalue weighted by Crippen LogP contribution is -2.57. The van der Waals surface area contributed by atoms with Crippen molar-refractivity contribution in [3.8, 4) is 17.2 Å². The second-order valence-electron chi connectivity index (χ2n) is 12.3. The molecule has 0 radical (unpaired) electrons. The zero-order valence-corrected chi connectivity index (χ0v) is 26.0. The zero-order chi connectivity index (χ0) is 31.5. The van der Waals surface area contributed by atoms with E-state index in [1.54, 1.807) is 6.92 Å². The molecular formula is C32H40ClNO11. The molecule has 0 amide bonds. The molecule has 13 heteroatoms. The van der Waals surface area contributed by atoms with Gasteiger partial charge in [-0.05, 0) is 38.9 Å². The molecule has 2 fully saturated rings. The maximum atomic E-state index is 13.8. The van der Waals surface area contributed by atoms with E-state index in [0.29, 0.717) is 0 Å². The van der Waals surface area contributed by atoms with Gasteiger partial charge in [0.25, 0.3) is 0 Å². The minimum atomic E-state index is -2.03. The molecule has 2 aliphatic carbocycles. The normalized spacial score (nSPS) is 30.5.